The first-order valence-corrected chi connectivity index (χ1v) is 17.6. The zero-order valence-electron chi connectivity index (χ0n) is 27.5. The molecule has 0 aromatic carbocycles. The van der Waals surface area contributed by atoms with Crippen LogP contribution in [0.2, 0.25) is 0 Å². The molecule has 244 valence electrons. The van der Waals surface area contributed by atoms with E-state index in [1.54, 1.807) is 0 Å². The SMILES string of the molecule is CCCCCCCCCCC=COC(=O)CCC(=O)O.CCCCCCCCCCCCCCCC=CN1C=NCC1. The van der Waals surface area contributed by atoms with E-state index in [2.05, 4.69) is 36.0 Å². The van der Waals surface area contributed by atoms with E-state index in [-0.39, 0.29) is 12.8 Å². The number of aliphatic imine (C=N–C) groups is 1. The van der Waals surface area contributed by atoms with Crippen LogP contribution in [-0.4, -0.2) is 41.4 Å². The van der Waals surface area contributed by atoms with Gasteiger partial charge in [-0.15, -0.1) is 0 Å². The Morgan fingerprint density at radius 3 is 1.57 bits per heavy atom. The molecule has 0 aliphatic carbocycles. The molecule has 0 unspecified atom stereocenters. The van der Waals surface area contributed by atoms with Crippen LogP contribution in [0.4, 0.5) is 0 Å². The summed E-state index contributed by atoms with van der Waals surface area (Å²) in [5.74, 6) is -1.47. The average Bonchev–Trinajstić information content (AvgIpc) is 3.51. The van der Waals surface area contributed by atoms with E-state index in [1.807, 2.05) is 12.4 Å². The molecule has 0 amide bonds. The van der Waals surface area contributed by atoms with Crippen molar-refractivity contribution in [2.24, 2.45) is 4.99 Å². The van der Waals surface area contributed by atoms with Crippen molar-refractivity contribution in [3.8, 4) is 0 Å². The summed E-state index contributed by atoms with van der Waals surface area (Å²) < 4.78 is 4.78. The lowest BCUT2D eigenvalue weighted by Gasteiger charge is -2.05. The molecule has 0 atom stereocenters. The summed E-state index contributed by atoms with van der Waals surface area (Å²) in [6, 6.07) is 0. The van der Waals surface area contributed by atoms with Crippen LogP contribution in [0.25, 0.3) is 0 Å². The minimum atomic E-state index is -0.982. The molecule has 0 fully saturated rings. The predicted molar refractivity (Wildman–Crippen MR) is 179 cm³/mol. The standard InChI is InChI=1S/C20H38N2.C16H28O4/c1-2-3-4-5-6-7-8-9-10-11-12-13-14-15-16-18-22-19-17-21-20-22;1-2-3-4-5-6-7-8-9-10-11-14-20-16(19)13-12-15(17)18/h16,18,20H,2-15,17,19H2,1H3;11,14H,2-10,12-13H2,1H3,(H,17,18). The fourth-order valence-corrected chi connectivity index (χ4v) is 4.85. The Hall–Kier alpha value is -2.11. The van der Waals surface area contributed by atoms with Gasteiger partial charge in [0.15, 0.2) is 0 Å². The van der Waals surface area contributed by atoms with Gasteiger partial charge in [-0.2, -0.15) is 0 Å². The maximum atomic E-state index is 11.1. The Bertz CT molecular complexity index is 690. The molecule has 6 nitrogen and oxygen atoms in total. The van der Waals surface area contributed by atoms with Gasteiger partial charge in [0.2, 0.25) is 0 Å². The number of unbranched alkanes of at least 4 members (excludes halogenated alkanes) is 21. The molecule has 0 radical (unpaired) electrons. The zero-order chi connectivity index (χ0) is 30.8. The molecule has 6 heteroatoms. The summed E-state index contributed by atoms with van der Waals surface area (Å²) in [5.41, 5.74) is 0. The average molecular weight is 591 g/mol. The van der Waals surface area contributed by atoms with Gasteiger partial charge < -0.3 is 14.7 Å². The quantitative estimate of drug-likeness (QED) is 0.0557. The van der Waals surface area contributed by atoms with Crippen molar-refractivity contribution in [1.82, 2.24) is 4.90 Å². The van der Waals surface area contributed by atoms with Gasteiger partial charge in [0.25, 0.3) is 0 Å². The summed E-state index contributed by atoms with van der Waals surface area (Å²) >= 11 is 0. The number of carboxylic acid groups (broad SMARTS) is 1. The topological polar surface area (TPSA) is 79.2 Å². The summed E-state index contributed by atoms with van der Waals surface area (Å²) in [6.07, 6.45) is 40.4. The second-order valence-corrected chi connectivity index (χ2v) is 11.7. The Morgan fingerprint density at radius 2 is 1.14 bits per heavy atom. The van der Waals surface area contributed by atoms with Crippen molar-refractivity contribution in [3.63, 3.8) is 0 Å². The Balaban J connectivity index is 0.000000805. The van der Waals surface area contributed by atoms with Gasteiger partial charge in [-0.05, 0) is 31.8 Å². The van der Waals surface area contributed by atoms with E-state index in [4.69, 9.17) is 9.84 Å². The van der Waals surface area contributed by atoms with Gasteiger partial charge in [-0.1, -0.05) is 142 Å². The van der Waals surface area contributed by atoms with E-state index in [0.29, 0.717) is 0 Å². The lowest BCUT2D eigenvalue weighted by molar-refractivity contribution is -0.144. The molecule has 0 aromatic rings. The number of ether oxygens (including phenoxy) is 1. The monoisotopic (exact) mass is 591 g/mol. The van der Waals surface area contributed by atoms with Crippen LogP contribution in [0, 0.1) is 0 Å². The number of carboxylic acids is 1. The molecule has 0 spiro atoms. The number of carbonyl (C=O) groups is 2. The van der Waals surface area contributed by atoms with Crippen molar-refractivity contribution in [2.75, 3.05) is 13.1 Å². The molecule has 1 aliphatic heterocycles. The molecular formula is C36H66N2O4. The number of esters is 1. The van der Waals surface area contributed by atoms with Gasteiger partial charge in [0, 0.05) is 12.7 Å². The van der Waals surface area contributed by atoms with Crippen LogP contribution >= 0.6 is 0 Å². The summed E-state index contributed by atoms with van der Waals surface area (Å²) in [5, 5.41) is 8.40. The molecule has 0 bridgehead atoms. The summed E-state index contributed by atoms with van der Waals surface area (Å²) in [7, 11) is 0. The van der Waals surface area contributed by atoms with Gasteiger partial charge in [-0.25, -0.2) is 0 Å². The number of rotatable bonds is 28. The first-order chi connectivity index (χ1) is 20.6. The molecule has 1 heterocycles. The first-order valence-electron chi connectivity index (χ1n) is 17.6. The van der Waals surface area contributed by atoms with Gasteiger partial charge in [0.05, 0.1) is 32.0 Å². The molecule has 1 rings (SSSR count). The van der Waals surface area contributed by atoms with Gasteiger partial charge in [-0.3, -0.25) is 14.6 Å². The smallest absolute Gasteiger partial charge is 0.311 e. The van der Waals surface area contributed by atoms with E-state index < -0.39 is 11.9 Å². The van der Waals surface area contributed by atoms with Crippen LogP contribution < -0.4 is 0 Å². The van der Waals surface area contributed by atoms with Gasteiger partial charge in [0.1, 0.15) is 0 Å². The highest BCUT2D eigenvalue weighted by molar-refractivity contribution is 5.76. The van der Waals surface area contributed by atoms with Crippen molar-refractivity contribution in [2.45, 2.75) is 174 Å². The number of nitrogens with zero attached hydrogens (tertiary/aromatic N) is 2. The molecular weight excluding hydrogens is 524 g/mol. The molecule has 42 heavy (non-hydrogen) atoms. The minimum absolute atomic E-state index is 0.0720. The number of allylic oxidation sites excluding steroid dienone is 2. The largest absolute Gasteiger partial charge is 0.481 e. The van der Waals surface area contributed by atoms with Crippen molar-refractivity contribution < 1.29 is 19.4 Å². The van der Waals surface area contributed by atoms with Crippen molar-refractivity contribution in [3.05, 3.63) is 24.6 Å². The van der Waals surface area contributed by atoms with Crippen molar-refractivity contribution >= 4 is 18.3 Å². The number of carbonyl (C=O) groups excluding carboxylic acids is 1. The van der Waals surface area contributed by atoms with Crippen LogP contribution in [-0.2, 0) is 14.3 Å². The lowest BCUT2D eigenvalue weighted by atomic mass is 10.0. The molecule has 0 saturated heterocycles. The zero-order valence-corrected chi connectivity index (χ0v) is 27.5. The predicted octanol–water partition coefficient (Wildman–Crippen LogP) is 10.8. The van der Waals surface area contributed by atoms with Crippen LogP contribution in [0.1, 0.15) is 174 Å². The lowest BCUT2D eigenvalue weighted by Crippen LogP contribution is -2.10. The van der Waals surface area contributed by atoms with E-state index in [9.17, 15) is 9.59 Å². The second kappa shape index (κ2) is 33.4. The van der Waals surface area contributed by atoms with Gasteiger partial charge >= 0.3 is 11.9 Å². The molecule has 1 N–H and O–H groups in total. The first kappa shape index (κ1) is 39.9. The highest BCUT2D eigenvalue weighted by Crippen LogP contribution is 2.13. The normalized spacial score (nSPS) is 12.8. The van der Waals surface area contributed by atoms with E-state index in [1.165, 1.54) is 141 Å². The Kier molecular flexibility index (Phi) is 31.7. The second-order valence-electron chi connectivity index (χ2n) is 11.7. The van der Waals surface area contributed by atoms with Crippen LogP contribution in [0.5, 0.6) is 0 Å². The third kappa shape index (κ3) is 32.4. The maximum Gasteiger partial charge on any atom is 0.311 e. The fourth-order valence-electron chi connectivity index (χ4n) is 4.85. The highest BCUT2D eigenvalue weighted by atomic mass is 16.5. The molecule has 0 saturated carbocycles. The van der Waals surface area contributed by atoms with Crippen LogP contribution in [0.15, 0.2) is 29.6 Å². The third-order valence-electron chi connectivity index (χ3n) is 7.55. The van der Waals surface area contributed by atoms with Crippen LogP contribution in [0.3, 0.4) is 0 Å². The molecule has 1 aliphatic rings. The number of hydrogen-bond acceptors (Lipinski definition) is 5. The minimum Gasteiger partial charge on any atom is -0.481 e. The Labute approximate surface area is 259 Å². The third-order valence-corrected chi connectivity index (χ3v) is 7.55. The molecule has 0 aromatic heterocycles. The number of hydrogen-bond donors (Lipinski definition) is 1. The van der Waals surface area contributed by atoms with E-state index >= 15 is 0 Å². The Morgan fingerprint density at radius 1 is 0.690 bits per heavy atom. The highest BCUT2D eigenvalue weighted by Gasteiger charge is 2.04. The maximum absolute atomic E-state index is 11.1. The van der Waals surface area contributed by atoms with E-state index in [0.717, 1.165) is 25.9 Å². The summed E-state index contributed by atoms with van der Waals surface area (Å²) in [6.45, 7) is 6.54. The summed E-state index contributed by atoms with van der Waals surface area (Å²) in [4.78, 5) is 27.7. The fraction of sp³-hybridized carbons (Fsp3) is 0.806. The number of aliphatic carboxylic acids is 1. The van der Waals surface area contributed by atoms with Crippen molar-refractivity contribution in [1.29, 1.82) is 0 Å².